The highest BCUT2D eigenvalue weighted by molar-refractivity contribution is 6.13. The summed E-state index contributed by atoms with van der Waals surface area (Å²) < 4.78 is 6.59. The van der Waals surface area contributed by atoms with Gasteiger partial charge in [-0.15, -0.1) is 0 Å². The molecule has 316 valence electrons. The summed E-state index contributed by atoms with van der Waals surface area (Å²) in [7, 11) is 0. The predicted octanol–water partition coefficient (Wildman–Crippen LogP) is 14.9. The molecule has 0 bridgehead atoms. The van der Waals surface area contributed by atoms with E-state index in [2.05, 4.69) is 163 Å². The zero-order valence-electron chi connectivity index (χ0n) is 36.5. The number of aromatic nitrogens is 5. The molecule has 0 radical (unpaired) electrons. The molecule has 0 saturated carbocycles. The molecule has 0 N–H and O–H groups in total. The Balaban J connectivity index is 0.993. The van der Waals surface area contributed by atoms with E-state index in [-0.39, 0.29) is 0 Å². The normalized spacial score (nSPS) is 12.8. The predicted molar refractivity (Wildman–Crippen MR) is 272 cm³/mol. The third-order valence-corrected chi connectivity index (χ3v) is 13.9. The van der Waals surface area contributed by atoms with E-state index in [0.717, 1.165) is 78.0 Å². The first-order chi connectivity index (χ1) is 33.7. The lowest BCUT2D eigenvalue weighted by Gasteiger charge is -2.30. The summed E-state index contributed by atoms with van der Waals surface area (Å²) in [5, 5.41) is 1.87. The van der Waals surface area contributed by atoms with E-state index in [1.165, 1.54) is 38.9 Å². The number of hydrogen-bond acceptors (Lipinski definition) is 6. The van der Waals surface area contributed by atoms with Crippen LogP contribution in [0.1, 0.15) is 22.3 Å². The van der Waals surface area contributed by atoms with Gasteiger partial charge in [0.2, 0.25) is 0 Å². The number of nitrogens with zero attached hydrogens (tertiary/aromatic N) is 5. The minimum absolute atomic E-state index is 0.508. The summed E-state index contributed by atoms with van der Waals surface area (Å²) in [6, 6.07) is 76.6. The summed E-state index contributed by atoms with van der Waals surface area (Å²) in [4.78, 5) is 25.9. The van der Waals surface area contributed by atoms with Crippen molar-refractivity contribution in [3.8, 4) is 90.2 Å². The highest BCUT2D eigenvalue weighted by Gasteiger charge is 2.52. The molecule has 14 rings (SSSR count). The molecule has 8 aromatic carbocycles. The van der Waals surface area contributed by atoms with Crippen molar-refractivity contribution in [1.82, 2.24) is 24.9 Å². The molecule has 0 saturated heterocycles. The maximum absolute atomic E-state index is 6.59. The smallest absolute Gasteiger partial charge is 0.164 e. The molecule has 68 heavy (non-hydrogen) atoms. The molecule has 0 aliphatic heterocycles. The monoisotopic (exact) mass is 867 g/mol. The first-order valence-corrected chi connectivity index (χ1v) is 22.9. The van der Waals surface area contributed by atoms with Gasteiger partial charge < -0.3 is 4.42 Å². The van der Waals surface area contributed by atoms with Crippen molar-refractivity contribution in [2.24, 2.45) is 0 Å². The van der Waals surface area contributed by atoms with Crippen LogP contribution < -0.4 is 0 Å². The molecule has 4 aromatic heterocycles. The maximum atomic E-state index is 6.59. The standard InChI is InChI=1S/C62H37N5O/c1-2-15-38(16-3-1)39-30-32-40(33-31-39)59-65-60(45-20-12-25-51-57(45)44-19-6-9-24-50(44)62(51)48-22-7-4-17-42(48)43-18-5-8-23-49(43)62)67-61(66-59)46-21-13-29-56-58(46)47-37-41(34-35-55(47)68-56)52-27-14-28-54(64-52)53-26-10-11-36-63-53/h1-37H. The van der Waals surface area contributed by atoms with E-state index in [1.807, 2.05) is 60.7 Å². The van der Waals surface area contributed by atoms with Gasteiger partial charge in [-0.2, -0.15) is 0 Å². The lowest BCUT2D eigenvalue weighted by atomic mass is 9.70. The molecule has 0 unspecified atom stereocenters. The van der Waals surface area contributed by atoms with Crippen molar-refractivity contribution in [3.63, 3.8) is 0 Å². The minimum Gasteiger partial charge on any atom is -0.456 e. The largest absolute Gasteiger partial charge is 0.456 e. The highest BCUT2D eigenvalue weighted by atomic mass is 16.3. The Hall–Kier alpha value is -9.13. The molecule has 1 spiro atoms. The molecule has 2 aliphatic rings. The van der Waals surface area contributed by atoms with Gasteiger partial charge in [-0.3, -0.25) is 4.98 Å². The molecule has 12 aromatic rings. The minimum atomic E-state index is -0.508. The molecular formula is C62H37N5O. The van der Waals surface area contributed by atoms with Gasteiger partial charge in [-0.25, -0.2) is 19.9 Å². The summed E-state index contributed by atoms with van der Waals surface area (Å²) in [6.07, 6.45) is 1.79. The number of fused-ring (bicyclic) bond motifs is 13. The van der Waals surface area contributed by atoms with Crippen LogP contribution in [0.2, 0.25) is 0 Å². The number of pyridine rings is 2. The van der Waals surface area contributed by atoms with Crippen molar-refractivity contribution in [1.29, 1.82) is 0 Å². The molecule has 6 heteroatoms. The molecule has 0 amide bonds. The summed E-state index contributed by atoms with van der Waals surface area (Å²) >= 11 is 0. The summed E-state index contributed by atoms with van der Waals surface area (Å²) in [5.74, 6) is 1.74. The van der Waals surface area contributed by atoms with E-state index < -0.39 is 5.41 Å². The Kier molecular flexibility index (Phi) is 8.39. The van der Waals surface area contributed by atoms with Crippen LogP contribution in [-0.2, 0) is 5.41 Å². The fourth-order valence-corrected chi connectivity index (χ4v) is 10.9. The third-order valence-electron chi connectivity index (χ3n) is 13.9. The van der Waals surface area contributed by atoms with Crippen LogP contribution in [0.3, 0.4) is 0 Å². The fourth-order valence-electron chi connectivity index (χ4n) is 10.9. The van der Waals surface area contributed by atoms with Crippen LogP contribution in [-0.4, -0.2) is 24.9 Å². The molecule has 4 heterocycles. The zero-order valence-corrected chi connectivity index (χ0v) is 36.5. The number of rotatable bonds is 6. The van der Waals surface area contributed by atoms with Crippen molar-refractivity contribution >= 4 is 21.9 Å². The quantitative estimate of drug-likeness (QED) is 0.166. The van der Waals surface area contributed by atoms with Gasteiger partial charge in [0.15, 0.2) is 17.5 Å². The SMILES string of the molecule is c1ccc(-c2ccc(-c3nc(-c4cccc5c4-c4ccccc4C54c5ccccc5-c5ccccc54)nc(-c4cccc5oc6ccc(-c7cccc(-c8ccccn8)n7)cc6c45)n3)cc2)cc1. The van der Waals surface area contributed by atoms with Crippen molar-refractivity contribution in [3.05, 3.63) is 247 Å². The van der Waals surface area contributed by atoms with E-state index in [1.54, 1.807) is 6.20 Å². The van der Waals surface area contributed by atoms with E-state index >= 15 is 0 Å². The average Bonchev–Trinajstić information content (AvgIpc) is 4.05. The second-order valence-corrected chi connectivity index (χ2v) is 17.5. The Labute approximate surface area is 392 Å². The second-order valence-electron chi connectivity index (χ2n) is 17.5. The van der Waals surface area contributed by atoms with Crippen LogP contribution in [0, 0.1) is 0 Å². The number of hydrogen-bond donors (Lipinski definition) is 0. The fraction of sp³-hybridized carbons (Fsp3) is 0.0161. The number of benzene rings is 8. The van der Waals surface area contributed by atoms with Gasteiger partial charge in [0.05, 0.1) is 22.5 Å². The van der Waals surface area contributed by atoms with Crippen LogP contribution in [0.15, 0.2) is 229 Å². The van der Waals surface area contributed by atoms with E-state index in [4.69, 9.17) is 24.4 Å². The lowest BCUT2D eigenvalue weighted by molar-refractivity contribution is 0.669. The maximum Gasteiger partial charge on any atom is 0.164 e. The molecule has 6 nitrogen and oxygen atoms in total. The van der Waals surface area contributed by atoms with Gasteiger partial charge in [0.25, 0.3) is 0 Å². The number of furan rings is 1. The molecule has 0 atom stereocenters. The highest BCUT2D eigenvalue weighted by Crippen LogP contribution is 2.63. The van der Waals surface area contributed by atoms with Gasteiger partial charge in [-0.1, -0.05) is 170 Å². The Bertz CT molecular complexity index is 3930. The molecule has 2 aliphatic carbocycles. The summed E-state index contributed by atoms with van der Waals surface area (Å²) in [5.41, 5.74) is 19.3. The van der Waals surface area contributed by atoms with E-state index in [9.17, 15) is 0 Å². The first kappa shape index (κ1) is 38.2. The van der Waals surface area contributed by atoms with Gasteiger partial charge in [-0.05, 0) is 104 Å². The van der Waals surface area contributed by atoms with Crippen LogP contribution in [0.25, 0.3) is 112 Å². The van der Waals surface area contributed by atoms with E-state index in [0.29, 0.717) is 17.5 Å². The van der Waals surface area contributed by atoms with Crippen molar-refractivity contribution < 1.29 is 4.42 Å². The van der Waals surface area contributed by atoms with Crippen LogP contribution in [0.4, 0.5) is 0 Å². The Morgan fingerprint density at radius 1 is 0.324 bits per heavy atom. The third kappa shape index (κ3) is 5.67. The van der Waals surface area contributed by atoms with Crippen LogP contribution >= 0.6 is 0 Å². The summed E-state index contributed by atoms with van der Waals surface area (Å²) in [6.45, 7) is 0. The Morgan fingerprint density at radius 3 is 1.63 bits per heavy atom. The first-order valence-electron chi connectivity index (χ1n) is 22.9. The molecule has 0 fully saturated rings. The van der Waals surface area contributed by atoms with Gasteiger partial charge >= 0.3 is 0 Å². The molecular weight excluding hydrogens is 831 g/mol. The Morgan fingerprint density at radius 2 is 0.868 bits per heavy atom. The van der Waals surface area contributed by atoms with Crippen molar-refractivity contribution in [2.75, 3.05) is 0 Å². The van der Waals surface area contributed by atoms with Crippen molar-refractivity contribution in [2.45, 2.75) is 5.41 Å². The van der Waals surface area contributed by atoms with Crippen LogP contribution in [0.5, 0.6) is 0 Å². The lowest BCUT2D eigenvalue weighted by Crippen LogP contribution is -2.25. The van der Waals surface area contributed by atoms with Gasteiger partial charge in [0.1, 0.15) is 11.2 Å². The zero-order chi connectivity index (χ0) is 44.8. The topological polar surface area (TPSA) is 77.6 Å². The average molecular weight is 868 g/mol. The van der Waals surface area contributed by atoms with Gasteiger partial charge in [0, 0.05) is 39.2 Å². The second kappa shape index (κ2) is 15.0.